The first kappa shape index (κ1) is 16.9. The van der Waals surface area contributed by atoms with Gasteiger partial charge in [0, 0.05) is 5.56 Å². The molecule has 3 aromatic rings. The van der Waals surface area contributed by atoms with Gasteiger partial charge in [0.05, 0.1) is 12.0 Å². The van der Waals surface area contributed by atoms with Crippen molar-refractivity contribution in [3.8, 4) is 11.8 Å². The molecule has 7 heteroatoms. The van der Waals surface area contributed by atoms with Crippen LogP contribution < -0.4 is 5.56 Å². The van der Waals surface area contributed by atoms with Gasteiger partial charge in [0.25, 0.3) is 5.56 Å². The van der Waals surface area contributed by atoms with E-state index in [0.717, 1.165) is 10.2 Å². The van der Waals surface area contributed by atoms with Crippen molar-refractivity contribution in [3.63, 3.8) is 0 Å². The van der Waals surface area contributed by atoms with Gasteiger partial charge in [-0.1, -0.05) is 17.7 Å². The van der Waals surface area contributed by atoms with Gasteiger partial charge in [-0.2, -0.15) is 15.0 Å². The molecule has 0 aliphatic rings. The fourth-order valence-corrected chi connectivity index (χ4v) is 2.38. The van der Waals surface area contributed by atoms with Crippen LogP contribution in [0.4, 0.5) is 0 Å². The third-order valence-electron chi connectivity index (χ3n) is 3.68. The lowest BCUT2D eigenvalue weighted by atomic mass is 10.1. The largest absolute Gasteiger partial charge is 0.476 e. The van der Waals surface area contributed by atoms with Gasteiger partial charge in [-0.05, 0) is 43.3 Å². The highest BCUT2D eigenvalue weighted by molar-refractivity contribution is 5.92. The molecule has 1 N–H and O–H groups in total. The minimum absolute atomic E-state index is 0.0650. The molecule has 0 bridgehead atoms. The van der Waals surface area contributed by atoms with Crippen molar-refractivity contribution in [2.75, 3.05) is 0 Å². The fraction of sp³-hybridized carbons (Fsp3) is 0.0526. The van der Waals surface area contributed by atoms with Crippen molar-refractivity contribution in [1.29, 1.82) is 5.26 Å². The summed E-state index contributed by atoms with van der Waals surface area (Å²) in [4.78, 5) is 24.3. The lowest BCUT2D eigenvalue weighted by molar-refractivity contribution is 0.0688. The number of nitrogens with zero attached hydrogens (tertiary/aromatic N) is 3. The Labute approximate surface area is 148 Å². The molecular weight excluding hydrogens is 334 g/mol. The molecule has 26 heavy (non-hydrogen) atoms. The summed E-state index contributed by atoms with van der Waals surface area (Å²) in [6, 6.07) is 11.9. The van der Waals surface area contributed by atoms with E-state index in [1.165, 1.54) is 18.4 Å². The Kier molecular flexibility index (Phi) is 4.50. The Bertz CT molecular complexity index is 1090. The molecule has 0 aliphatic heterocycles. The van der Waals surface area contributed by atoms with Crippen molar-refractivity contribution in [3.05, 3.63) is 81.2 Å². The minimum atomic E-state index is -1.35. The summed E-state index contributed by atoms with van der Waals surface area (Å²) >= 11 is 0. The molecule has 0 fully saturated rings. The predicted molar refractivity (Wildman–Crippen MR) is 93.9 cm³/mol. The molecule has 7 nitrogen and oxygen atoms in total. The van der Waals surface area contributed by atoms with Crippen molar-refractivity contribution in [1.82, 2.24) is 9.78 Å². The number of carbonyl (C=O) groups is 1. The number of aromatic nitrogens is 2. The number of hydrogen-bond donors (Lipinski definition) is 1. The second-order valence-corrected chi connectivity index (χ2v) is 5.46. The van der Waals surface area contributed by atoms with Gasteiger partial charge in [-0.3, -0.25) is 4.79 Å². The minimum Gasteiger partial charge on any atom is -0.476 e. The van der Waals surface area contributed by atoms with Crippen LogP contribution in [0.15, 0.2) is 51.9 Å². The molecule has 0 saturated carbocycles. The van der Waals surface area contributed by atoms with Crippen LogP contribution in [0, 0.1) is 18.3 Å². The third-order valence-corrected chi connectivity index (χ3v) is 3.68. The van der Waals surface area contributed by atoms with Crippen molar-refractivity contribution in [2.45, 2.75) is 6.92 Å². The number of carboxylic acids is 1. The molecule has 0 amide bonds. The van der Waals surface area contributed by atoms with E-state index < -0.39 is 17.2 Å². The maximum absolute atomic E-state index is 12.7. The zero-order valence-electron chi connectivity index (χ0n) is 13.7. The number of nitriles is 1. The van der Waals surface area contributed by atoms with Crippen LogP contribution in [0.2, 0.25) is 0 Å². The summed E-state index contributed by atoms with van der Waals surface area (Å²) in [5, 5.41) is 22.9. The Hall–Kier alpha value is -3.92. The summed E-state index contributed by atoms with van der Waals surface area (Å²) < 4.78 is 6.06. The Morgan fingerprint density at radius 1 is 1.27 bits per heavy atom. The molecule has 0 spiro atoms. The number of furan rings is 1. The molecule has 3 rings (SSSR count). The Balaban J connectivity index is 2.24. The van der Waals surface area contributed by atoms with E-state index >= 15 is 0 Å². The van der Waals surface area contributed by atoms with E-state index in [9.17, 15) is 20.0 Å². The highest BCUT2D eigenvalue weighted by Gasteiger charge is 2.21. The number of aromatic carboxylic acids is 1. The molecule has 2 heterocycles. The van der Waals surface area contributed by atoms with Gasteiger partial charge in [0.1, 0.15) is 17.4 Å². The first-order chi connectivity index (χ1) is 12.5. The monoisotopic (exact) mass is 347 g/mol. The second kappa shape index (κ2) is 6.91. The molecule has 0 saturated heterocycles. The summed E-state index contributed by atoms with van der Waals surface area (Å²) in [5.74, 6) is -0.894. The van der Waals surface area contributed by atoms with E-state index in [2.05, 4.69) is 5.10 Å². The average Bonchev–Trinajstić information content (AvgIpc) is 3.14. The molecular formula is C19H13N3O4. The Morgan fingerprint density at radius 3 is 2.58 bits per heavy atom. The standard InChI is InChI=1S/C19H13N3O4/c1-12-4-6-13(7-5-12)22-18(23)16(11-20)15(17(21-22)19(24)25)9-8-14-3-2-10-26-14/h2-10H,1H3,(H,24,25)/b9-8+. The smallest absolute Gasteiger partial charge is 0.357 e. The van der Waals surface area contributed by atoms with Gasteiger partial charge in [0.2, 0.25) is 0 Å². The zero-order valence-corrected chi connectivity index (χ0v) is 13.7. The first-order valence-electron chi connectivity index (χ1n) is 7.60. The average molecular weight is 347 g/mol. The highest BCUT2D eigenvalue weighted by atomic mass is 16.4. The van der Waals surface area contributed by atoms with E-state index in [0.29, 0.717) is 11.4 Å². The first-order valence-corrected chi connectivity index (χ1v) is 7.60. The number of rotatable bonds is 4. The van der Waals surface area contributed by atoms with Crippen molar-refractivity contribution >= 4 is 18.1 Å². The van der Waals surface area contributed by atoms with Crippen LogP contribution in [0.3, 0.4) is 0 Å². The number of carboxylic acid groups (broad SMARTS) is 1. The zero-order chi connectivity index (χ0) is 18.7. The van der Waals surface area contributed by atoms with E-state index in [-0.39, 0.29) is 11.1 Å². The highest BCUT2D eigenvalue weighted by Crippen LogP contribution is 2.16. The van der Waals surface area contributed by atoms with Crippen molar-refractivity contribution in [2.24, 2.45) is 0 Å². The van der Waals surface area contributed by atoms with Crippen LogP contribution in [0.25, 0.3) is 17.8 Å². The molecule has 2 aromatic heterocycles. The number of aryl methyl sites for hydroxylation is 1. The molecule has 1 aromatic carbocycles. The summed E-state index contributed by atoms with van der Waals surface area (Å²) in [6.45, 7) is 1.88. The second-order valence-electron chi connectivity index (χ2n) is 5.46. The van der Waals surface area contributed by atoms with Crippen LogP contribution in [-0.4, -0.2) is 20.9 Å². The molecule has 0 atom stereocenters. The molecule has 0 aliphatic carbocycles. The lowest BCUT2D eigenvalue weighted by Crippen LogP contribution is -2.28. The Morgan fingerprint density at radius 2 is 2.00 bits per heavy atom. The number of benzene rings is 1. The van der Waals surface area contributed by atoms with Crippen LogP contribution in [-0.2, 0) is 0 Å². The van der Waals surface area contributed by atoms with Crippen molar-refractivity contribution < 1.29 is 14.3 Å². The maximum Gasteiger partial charge on any atom is 0.357 e. The van der Waals surface area contributed by atoms with E-state index in [4.69, 9.17) is 4.42 Å². The van der Waals surface area contributed by atoms with Crippen LogP contribution in [0.1, 0.15) is 32.9 Å². The quantitative estimate of drug-likeness (QED) is 0.777. The predicted octanol–water partition coefficient (Wildman–Crippen LogP) is 2.87. The normalized spacial score (nSPS) is 10.8. The van der Waals surface area contributed by atoms with Gasteiger partial charge in [-0.25, -0.2) is 4.79 Å². The lowest BCUT2D eigenvalue weighted by Gasteiger charge is -2.09. The van der Waals surface area contributed by atoms with E-state index in [1.54, 1.807) is 42.5 Å². The topological polar surface area (TPSA) is 109 Å². The summed E-state index contributed by atoms with van der Waals surface area (Å²) in [6.07, 6.45) is 4.27. The third kappa shape index (κ3) is 3.16. The summed E-state index contributed by atoms with van der Waals surface area (Å²) in [7, 11) is 0. The maximum atomic E-state index is 12.7. The van der Waals surface area contributed by atoms with Crippen LogP contribution in [0.5, 0.6) is 0 Å². The summed E-state index contributed by atoms with van der Waals surface area (Å²) in [5.41, 5.74) is -0.115. The van der Waals surface area contributed by atoms with Gasteiger partial charge >= 0.3 is 5.97 Å². The molecule has 0 radical (unpaired) electrons. The van der Waals surface area contributed by atoms with Gasteiger partial charge < -0.3 is 9.52 Å². The van der Waals surface area contributed by atoms with Crippen LogP contribution >= 0.6 is 0 Å². The van der Waals surface area contributed by atoms with Gasteiger partial charge in [0.15, 0.2) is 5.69 Å². The van der Waals surface area contributed by atoms with Gasteiger partial charge in [-0.15, -0.1) is 0 Å². The fourth-order valence-electron chi connectivity index (χ4n) is 2.38. The SMILES string of the molecule is Cc1ccc(-n2nc(C(=O)O)c(/C=C/c3ccco3)c(C#N)c2=O)cc1. The molecule has 0 unspecified atom stereocenters. The van der Waals surface area contributed by atoms with E-state index in [1.807, 2.05) is 6.92 Å². The molecule has 128 valence electrons. The number of hydrogen-bond acceptors (Lipinski definition) is 5.